The molecule has 0 aromatic carbocycles. The number of amides is 1. The number of nitrogens with one attached hydrogen (secondary N) is 1. The van der Waals surface area contributed by atoms with Gasteiger partial charge in [0.2, 0.25) is 0 Å². The van der Waals surface area contributed by atoms with Crippen molar-refractivity contribution in [2.75, 3.05) is 79.2 Å². The molecule has 0 unspecified atom stereocenters. The summed E-state index contributed by atoms with van der Waals surface area (Å²) in [6.07, 6.45) is 27.9. The van der Waals surface area contributed by atoms with E-state index in [0.29, 0.717) is 193 Å². The fourth-order valence-electron chi connectivity index (χ4n) is 9.87. The van der Waals surface area contributed by atoms with E-state index in [1.165, 1.54) is 13.3 Å². The van der Waals surface area contributed by atoms with E-state index in [1.807, 2.05) is 0 Å². The lowest BCUT2D eigenvalue weighted by molar-refractivity contribution is -0.151. The summed E-state index contributed by atoms with van der Waals surface area (Å²) in [5.74, 6) is -3.17. The van der Waals surface area contributed by atoms with E-state index in [1.54, 1.807) is 0 Å². The molecule has 1 saturated carbocycles. The average Bonchev–Trinajstić information content (AvgIpc) is 2.57. The highest BCUT2D eigenvalue weighted by Crippen LogP contribution is 2.21. The highest BCUT2D eigenvalue weighted by Gasteiger charge is 2.18. The molecule has 98 heavy (non-hydrogen) atoms. The SMILES string of the molecule is C=C(C)C(=O)OCCNC(=O)OCCCCCC(=O)OCCCCCC(=O)OCCCCCC(=O)OCCCCCC(=O)OCCCCCC(=O)OCCCCCC(=O)OCCCCCC(=O)OCCCCCC(=O)OCCCCCC(=O)OCCCCCC(=O)OC1CCCCC1. The van der Waals surface area contributed by atoms with Crippen molar-refractivity contribution in [3.63, 3.8) is 0 Å². The quantitative estimate of drug-likeness (QED) is 0.0256. The van der Waals surface area contributed by atoms with E-state index in [4.69, 9.17) is 56.8 Å². The smallest absolute Gasteiger partial charge is 0.407 e. The molecule has 1 aliphatic rings. The second-order valence-electron chi connectivity index (χ2n) is 24.8. The summed E-state index contributed by atoms with van der Waals surface area (Å²) >= 11 is 0. The molecule has 0 heterocycles. The van der Waals surface area contributed by atoms with Crippen LogP contribution in [0.25, 0.3) is 0 Å². The third-order valence-electron chi connectivity index (χ3n) is 15.7. The van der Waals surface area contributed by atoms with Gasteiger partial charge < -0.3 is 62.2 Å². The van der Waals surface area contributed by atoms with Crippen molar-refractivity contribution in [2.45, 2.75) is 302 Å². The minimum atomic E-state index is -0.612. The van der Waals surface area contributed by atoms with Crippen LogP contribution >= 0.6 is 0 Å². The first-order valence-electron chi connectivity index (χ1n) is 36.9. The summed E-state index contributed by atoms with van der Waals surface area (Å²) in [6.45, 7) is 7.95. The highest BCUT2D eigenvalue weighted by molar-refractivity contribution is 5.87. The average molecular weight is 1400 g/mol. The second kappa shape index (κ2) is 64.8. The second-order valence-corrected chi connectivity index (χ2v) is 24.8. The molecule has 0 aliphatic heterocycles. The number of ether oxygens (including phenoxy) is 12. The third-order valence-corrected chi connectivity index (χ3v) is 15.7. The van der Waals surface area contributed by atoms with E-state index >= 15 is 0 Å². The Kier molecular flexibility index (Phi) is 59.0. The number of esters is 11. The predicted octanol–water partition coefficient (Wildman–Crippen LogP) is 13.2. The Morgan fingerprint density at radius 3 is 0.704 bits per heavy atom. The topological polar surface area (TPSA) is 328 Å². The lowest BCUT2D eigenvalue weighted by atomic mass is 9.98. The maximum absolute atomic E-state index is 12.1. The first-order chi connectivity index (χ1) is 47.5. The highest BCUT2D eigenvalue weighted by atomic mass is 16.6. The molecule has 0 spiro atoms. The summed E-state index contributed by atoms with van der Waals surface area (Å²) in [6, 6.07) is 0. The number of carbonyl (C=O) groups excluding carboxylic acids is 12. The van der Waals surface area contributed by atoms with Crippen molar-refractivity contribution >= 4 is 71.8 Å². The van der Waals surface area contributed by atoms with Crippen molar-refractivity contribution in [3.05, 3.63) is 12.2 Å². The Morgan fingerprint density at radius 2 is 0.480 bits per heavy atom. The zero-order valence-electron chi connectivity index (χ0n) is 59.4. The molecule has 562 valence electrons. The van der Waals surface area contributed by atoms with Gasteiger partial charge in [-0.1, -0.05) is 13.0 Å². The Labute approximate surface area is 582 Å². The maximum atomic E-state index is 12.1. The molecule has 0 aromatic heterocycles. The number of carbonyl (C=O) groups is 12. The van der Waals surface area contributed by atoms with Crippen LogP contribution < -0.4 is 5.32 Å². The zero-order chi connectivity index (χ0) is 71.6. The lowest BCUT2D eigenvalue weighted by Crippen LogP contribution is -2.29. The van der Waals surface area contributed by atoms with Gasteiger partial charge in [-0.3, -0.25) is 47.9 Å². The predicted molar refractivity (Wildman–Crippen MR) is 361 cm³/mol. The van der Waals surface area contributed by atoms with Gasteiger partial charge in [0.1, 0.15) is 12.7 Å². The first kappa shape index (κ1) is 89.2. The van der Waals surface area contributed by atoms with Crippen molar-refractivity contribution in [2.24, 2.45) is 0 Å². The van der Waals surface area contributed by atoms with Crippen LogP contribution in [-0.4, -0.2) is 157 Å². The van der Waals surface area contributed by atoms with E-state index in [2.05, 4.69) is 11.9 Å². The lowest BCUT2D eigenvalue weighted by Gasteiger charge is -2.21. The molecular formula is C73H121NO24. The summed E-state index contributed by atoms with van der Waals surface area (Å²) in [5, 5.41) is 2.47. The van der Waals surface area contributed by atoms with E-state index in [-0.39, 0.29) is 176 Å². The summed E-state index contributed by atoms with van der Waals surface area (Å²) in [4.78, 5) is 144. The minimum absolute atomic E-state index is 0.0167. The van der Waals surface area contributed by atoms with Crippen molar-refractivity contribution in [3.8, 4) is 0 Å². The Balaban J connectivity index is 1.80. The molecule has 0 aromatic rings. The van der Waals surface area contributed by atoms with Gasteiger partial charge in [0, 0.05) is 69.8 Å². The number of unbranched alkanes of at least 4 members (excludes halogenated alkanes) is 20. The number of hydrogen-bond donors (Lipinski definition) is 1. The molecule has 1 N–H and O–H groups in total. The Bertz CT molecular complexity index is 2210. The Morgan fingerprint density at radius 1 is 0.265 bits per heavy atom. The van der Waals surface area contributed by atoms with Crippen LogP contribution in [0.1, 0.15) is 296 Å². The standard InChI is InChI=1S/C73H121NO24/c1-60(2)72(85)96-59-48-74-73(86)97-58-35-12-24-46-70(83)94-56-33-10-22-44-68(81)92-54-31-8-20-42-66(79)90-52-29-6-18-40-64(77)88-50-27-4-16-38-62(75)87-49-26-5-17-39-63(76)89-51-28-7-19-41-65(78)91-53-30-9-21-43-67(80)93-55-32-11-23-45-69(82)95-57-34-13-25-47-71(84)98-61-36-14-3-15-37-61/h61H,1,3-59H2,2H3,(H,74,86). The number of alkyl carbamates (subject to hydrolysis) is 1. The van der Waals surface area contributed by atoms with Crippen molar-refractivity contribution in [1.29, 1.82) is 0 Å². The molecule has 1 fully saturated rings. The van der Waals surface area contributed by atoms with Gasteiger partial charge in [0.05, 0.1) is 72.6 Å². The fraction of sp³-hybridized carbons (Fsp3) is 0.808. The molecule has 0 bridgehead atoms. The molecule has 25 nitrogen and oxygen atoms in total. The molecule has 1 aliphatic carbocycles. The minimum Gasteiger partial charge on any atom is -0.466 e. The monoisotopic (exact) mass is 1400 g/mol. The maximum Gasteiger partial charge on any atom is 0.407 e. The molecular weight excluding hydrogens is 1270 g/mol. The molecule has 25 heteroatoms. The van der Waals surface area contributed by atoms with Crippen LogP contribution in [0.4, 0.5) is 4.79 Å². The van der Waals surface area contributed by atoms with Crippen molar-refractivity contribution in [1.82, 2.24) is 5.32 Å². The van der Waals surface area contributed by atoms with Crippen LogP contribution in [0.2, 0.25) is 0 Å². The third kappa shape index (κ3) is 61.5. The summed E-state index contributed by atoms with van der Waals surface area (Å²) in [7, 11) is 0. The zero-order valence-corrected chi connectivity index (χ0v) is 59.4. The molecule has 0 atom stereocenters. The molecule has 1 rings (SSSR count). The van der Waals surface area contributed by atoms with Crippen LogP contribution in [-0.2, 0) is 110 Å². The molecule has 0 radical (unpaired) electrons. The van der Waals surface area contributed by atoms with Gasteiger partial charge in [0.25, 0.3) is 0 Å². The van der Waals surface area contributed by atoms with Crippen LogP contribution in [0.5, 0.6) is 0 Å². The fourth-order valence-corrected chi connectivity index (χ4v) is 9.87. The number of hydrogen-bond acceptors (Lipinski definition) is 24. The van der Waals surface area contributed by atoms with Crippen LogP contribution in [0.3, 0.4) is 0 Å². The van der Waals surface area contributed by atoms with Gasteiger partial charge in [-0.15, -0.1) is 0 Å². The van der Waals surface area contributed by atoms with Crippen LogP contribution in [0.15, 0.2) is 12.2 Å². The summed E-state index contributed by atoms with van der Waals surface area (Å²) < 4.78 is 63.1. The summed E-state index contributed by atoms with van der Waals surface area (Å²) in [5.41, 5.74) is 0.276. The normalized spacial score (nSPS) is 11.9. The van der Waals surface area contributed by atoms with E-state index in [9.17, 15) is 57.5 Å². The van der Waals surface area contributed by atoms with E-state index in [0.717, 1.165) is 64.2 Å². The molecule has 0 saturated heterocycles. The Hall–Kier alpha value is -6.82. The largest absolute Gasteiger partial charge is 0.466 e. The van der Waals surface area contributed by atoms with E-state index < -0.39 is 12.1 Å². The van der Waals surface area contributed by atoms with Crippen LogP contribution in [0, 0.1) is 0 Å². The van der Waals surface area contributed by atoms with Gasteiger partial charge in [0.15, 0.2) is 0 Å². The van der Waals surface area contributed by atoms with Gasteiger partial charge in [-0.05, 0) is 225 Å². The van der Waals surface area contributed by atoms with Gasteiger partial charge >= 0.3 is 71.8 Å². The van der Waals surface area contributed by atoms with Gasteiger partial charge in [-0.25, -0.2) is 9.59 Å². The number of rotatable bonds is 65. The first-order valence-corrected chi connectivity index (χ1v) is 36.9. The molecule has 1 amide bonds. The van der Waals surface area contributed by atoms with Crippen molar-refractivity contribution < 1.29 is 114 Å². The van der Waals surface area contributed by atoms with Gasteiger partial charge in [-0.2, -0.15) is 0 Å².